The molecule has 1 amide bonds. The minimum absolute atomic E-state index is 0.0132. The van der Waals surface area contributed by atoms with Crippen molar-refractivity contribution in [3.05, 3.63) is 65.7 Å². The molecule has 0 spiro atoms. The smallest absolute Gasteiger partial charge is 0.258 e. The molecule has 0 atom stereocenters. The fourth-order valence-electron chi connectivity index (χ4n) is 3.59. The Morgan fingerprint density at radius 3 is 2.76 bits per heavy atom. The van der Waals surface area contributed by atoms with Crippen molar-refractivity contribution in [2.75, 3.05) is 20.2 Å². The van der Waals surface area contributed by atoms with Crippen LogP contribution in [0.3, 0.4) is 0 Å². The lowest BCUT2D eigenvalue weighted by Gasteiger charge is -2.30. The lowest BCUT2D eigenvalue weighted by atomic mass is 9.95. The predicted molar refractivity (Wildman–Crippen MR) is 105 cm³/mol. The molecule has 4 rings (SSSR count). The third kappa shape index (κ3) is 4.45. The van der Waals surface area contributed by atoms with Gasteiger partial charge in [0.15, 0.2) is 5.82 Å². The summed E-state index contributed by atoms with van der Waals surface area (Å²) < 4.78 is 24.0. The standard InChI is InChI=1S/C22H22FN3O3/c1-28-19-7-3-5-17(14-19)22-24-21(25-29-22)16-8-10-26(11-9-16)20(27)13-15-4-2-6-18(23)12-15/h2-7,12,14,16H,8-11,13H2,1H3. The lowest BCUT2D eigenvalue weighted by molar-refractivity contribution is -0.131. The summed E-state index contributed by atoms with van der Waals surface area (Å²) in [5.74, 6) is 1.70. The van der Waals surface area contributed by atoms with Gasteiger partial charge in [-0.15, -0.1) is 0 Å². The molecule has 0 N–H and O–H groups in total. The molecule has 1 aliphatic heterocycles. The molecule has 3 aromatic rings. The molecule has 6 nitrogen and oxygen atoms in total. The van der Waals surface area contributed by atoms with Crippen molar-refractivity contribution in [1.29, 1.82) is 0 Å². The monoisotopic (exact) mass is 395 g/mol. The molecular weight excluding hydrogens is 373 g/mol. The number of hydrogen-bond acceptors (Lipinski definition) is 5. The highest BCUT2D eigenvalue weighted by molar-refractivity contribution is 5.78. The van der Waals surface area contributed by atoms with Crippen LogP contribution in [0.5, 0.6) is 5.75 Å². The third-order valence-electron chi connectivity index (χ3n) is 5.22. The number of aromatic nitrogens is 2. The summed E-state index contributed by atoms with van der Waals surface area (Å²) in [6, 6.07) is 13.7. The molecule has 1 aromatic heterocycles. The number of carbonyl (C=O) groups excluding carboxylic acids is 1. The van der Waals surface area contributed by atoms with E-state index < -0.39 is 0 Å². The van der Waals surface area contributed by atoms with E-state index in [1.807, 2.05) is 29.2 Å². The summed E-state index contributed by atoms with van der Waals surface area (Å²) in [4.78, 5) is 18.9. The van der Waals surface area contributed by atoms with Crippen molar-refractivity contribution in [2.24, 2.45) is 0 Å². The predicted octanol–water partition coefficient (Wildman–Crippen LogP) is 3.83. The molecule has 1 saturated heterocycles. The first-order valence-corrected chi connectivity index (χ1v) is 9.62. The van der Waals surface area contributed by atoms with Gasteiger partial charge < -0.3 is 14.2 Å². The van der Waals surface area contributed by atoms with Gasteiger partial charge in [-0.1, -0.05) is 23.4 Å². The largest absolute Gasteiger partial charge is 0.497 e. The first-order chi connectivity index (χ1) is 14.1. The molecular formula is C22H22FN3O3. The van der Waals surface area contributed by atoms with Gasteiger partial charge in [0.1, 0.15) is 11.6 Å². The normalized spacial score (nSPS) is 14.8. The molecule has 0 aliphatic carbocycles. The molecule has 0 saturated carbocycles. The van der Waals surface area contributed by atoms with Gasteiger partial charge in [-0.25, -0.2) is 4.39 Å². The summed E-state index contributed by atoms with van der Waals surface area (Å²) in [7, 11) is 1.61. The summed E-state index contributed by atoms with van der Waals surface area (Å²) in [5, 5.41) is 4.15. The van der Waals surface area contributed by atoms with E-state index in [4.69, 9.17) is 9.26 Å². The molecule has 1 fully saturated rings. The van der Waals surface area contributed by atoms with Crippen LogP contribution in [0.1, 0.15) is 30.1 Å². The number of likely N-dealkylation sites (tertiary alicyclic amines) is 1. The van der Waals surface area contributed by atoms with E-state index in [1.165, 1.54) is 12.1 Å². The van der Waals surface area contributed by atoms with Crippen molar-refractivity contribution in [1.82, 2.24) is 15.0 Å². The first kappa shape index (κ1) is 19.1. The zero-order chi connectivity index (χ0) is 20.2. The minimum Gasteiger partial charge on any atom is -0.497 e. The number of rotatable bonds is 5. The number of amides is 1. The first-order valence-electron chi connectivity index (χ1n) is 9.62. The molecule has 0 bridgehead atoms. The van der Waals surface area contributed by atoms with E-state index in [1.54, 1.807) is 19.2 Å². The fraction of sp³-hybridized carbons (Fsp3) is 0.318. The Bertz CT molecular complexity index is 996. The van der Waals surface area contributed by atoms with Crippen molar-refractivity contribution < 1.29 is 18.4 Å². The SMILES string of the molecule is COc1cccc(-c2nc(C3CCN(C(=O)Cc4cccc(F)c4)CC3)no2)c1. The molecule has 1 aliphatic rings. The molecule has 7 heteroatoms. The number of benzene rings is 2. The molecule has 0 unspecified atom stereocenters. The maximum absolute atomic E-state index is 13.3. The van der Waals surface area contributed by atoms with E-state index >= 15 is 0 Å². The number of ether oxygens (including phenoxy) is 1. The van der Waals surface area contributed by atoms with Crippen LogP contribution in [-0.4, -0.2) is 41.1 Å². The summed E-state index contributed by atoms with van der Waals surface area (Å²) >= 11 is 0. The van der Waals surface area contributed by atoms with Gasteiger partial charge in [-0.3, -0.25) is 4.79 Å². The Balaban J connectivity index is 1.36. The topological polar surface area (TPSA) is 68.5 Å². The maximum Gasteiger partial charge on any atom is 0.258 e. The van der Waals surface area contributed by atoms with E-state index in [0.717, 1.165) is 24.2 Å². The quantitative estimate of drug-likeness (QED) is 0.657. The van der Waals surface area contributed by atoms with Gasteiger partial charge in [0.05, 0.1) is 13.5 Å². The molecule has 2 heterocycles. The second kappa shape index (κ2) is 8.43. The van der Waals surface area contributed by atoms with Crippen LogP contribution in [0, 0.1) is 5.82 Å². The van der Waals surface area contributed by atoms with Crippen LogP contribution in [0.2, 0.25) is 0 Å². The highest BCUT2D eigenvalue weighted by Crippen LogP contribution is 2.29. The third-order valence-corrected chi connectivity index (χ3v) is 5.22. The van der Waals surface area contributed by atoms with Crippen molar-refractivity contribution in [3.63, 3.8) is 0 Å². The average molecular weight is 395 g/mol. The number of hydrogen-bond donors (Lipinski definition) is 0. The van der Waals surface area contributed by atoms with Crippen LogP contribution >= 0.6 is 0 Å². The van der Waals surface area contributed by atoms with Crippen molar-refractivity contribution in [3.8, 4) is 17.2 Å². The Kier molecular flexibility index (Phi) is 5.55. The Hall–Kier alpha value is -3.22. The Morgan fingerprint density at radius 2 is 2.00 bits per heavy atom. The summed E-state index contributed by atoms with van der Waals surface area (Å²) in [5.41, 5.74) is 1.50. The van der Waals surface area contributed by atoms with E-state index in [9.17, 15) is 9.18 Å². The van der Waals surface area contributed by atoms with E-state index in [2.05, 4.69) is 10.1 Å². The number of piperidine rings is 1. The van der Waals surface area contributed by atoms with Crippen molar-refractivity contribution in [2.45, 2.75) is 25.2 Å². The summed E-state index contributed by atoms with van der Waals surface area (Å²) in [6.45, 7) is 1.25. The maximum atomic E-state index is 13.3. The van der Waals surface area contributed by atoms with Gasteiger partial charge >= 0.3 is 0 Å². The highest BCUT2D eigenvalue weighted by Gasteiger charge is 2.27. The zero-order valence-corrected chi connectivity index (χ0v) is 16.2. The summed E-state index contributed by atoms with van der Waals surface area (Å²) in [6.07, 6.45) is 1.75. The van der Waals surface area contributed by atoms with E-state index in [-0.39, 0.29) is 24.1 Å². The van der Waals surface area contributed by atoms with Gasteiger partial charge in [0.2, 0.25) is 5.91 Å². The van der Waals surface area contributed by atoms with Crippen LogP contribution in [0.4, 0.5) is 4.39 Å². The molecule has 0 radical (unpaired) electrons. The van der Waals surface area contributed by atoms with Crippen LogP contribution < -0.4 is 4.74 Å². The minimum atomic E-state index is -0.321. The van der Waals surface area contributed by atoms with Crippen LogP contribution in [-0.2, 0) is 11.2 Å². The van der Waals surface area contributed by atoms with Crippen LogP contribution in [0.25, 0.3) is 11.5 Å². The zero-order valence-electron chi connectivity index (χ0n) is 16.2. The van der Waals surface area contributed by atoms with Gasteiger partial charge in [-0.2, -0.15) is 4.98 Å². The number of carbonyl (C=O) groups is 1. The van der Waals surface area contributed by atoms with Gasteiger partial charge in [0, 0.05) is 24.6 Å². The van der Waals surface area contributed by atoms with Gasteiger partial charge in [-0.05, 0) is 48.7 Å². The fourth-order valence-corrected chi connectivity index (χ4v) is 3.59. The highest BCUT2D eigenvalue weighted by atomic mass is 19.1. The average Bonchev–Trinajstić information content (AvgIpc) is 3.24. The molecule has 2 aromatic carbocycles. The van der Waals surface area contributed by atoms with Gasteiger partial charge in [0.25, 0.3) is 5.89 Å². The second-order valence-corrected chi connectivity index (χ2v) is 7.15. The number of nitrogens with zero attached hydrogens (tertiary/aromatic N) is 3. The van der Waals surface area contributed by atoms with E-state index in [0.29, 0.717) is 30.4 Å². The molecule has 150 valence electrons. The second-order valence-electron chi connectivity index (χ2n) is 7.15. The number of halogens is 1. The Morgan fingerprint density at radius 1 is 1.21 bits per heavy atom. The van der Waals surface area contributed by atoms with Crippen LogP contribution in [0.15, 0.2) is 53.1 Å². The molecule has 29 heavy (non-hydrogen) atoms. The lowest BCUT2D eigenvalue weighted by Crippen LogP contribution is -2.39. The van der Waals surface area contributed by atoms with Crippen molar-refractivity contribution >= 4 is 5.91 Å². The number of methoxy groups -OCH3 is 1. The Labute approximate surface area is 168 Å².